The highest BCUT2D eigenvalue weighted by Gasteiger charge is 2.10. The molecule has 0 amide bonds. The number of non-ortho nitro benzene ring substituents is 1. The molecule has 1 aromatic heterocycles. The molecule has 0 radical (unpaired) electrons. The fourth-order valence-corrected chi connectivity index (χ4v) is 1.54. The normalized spacial score (nSPS) is 10.2. The van der Waals surface area contributed by atoms with Crippen LogP contribution in [0.4, 0.5) is 11.4 Å². The van der Waals surface area contributed by atoms with Gasteiger partial charge in [0.25, 0.3) is 5.69 Å². The smallest absolute Gasteiger partial charge is 0.275 e. The van der Waals surface area contributed by atoms with Crippen LogP contribution in [0.1, 0.15) is 12.7 Å². The third-order valence-corrected chi connectivity index (χ3v) is 2.34. The number of hydrogen-bond donors (Lipinski definition) is 2. The monoisotopic (exact) mass is 263 g/mol. The molecular weight excluding hydrogens is 250 g/mol. The van der Waals surface area contributed by atoms with Gasteiger partial charge in [0.2, 0.25) is 0 Å². The van der Waals surface area contributed by atoms with Crippen LogP contribution in [0.3, 0.4) is 0 Å². The van der Waals surface area contributed by atoms with Crippen molar-refractivity contribution in [2.24, 2.45) is 0 Å². The lowest BCUT2D eigenvalue weighted by Gasteiger charge is -2.08. The first-order valence-electron chi connectivity index (χ1n) is 5.69. The van der Waals surface area contributed by atoms with E-state index in [-0.39, 0.29) is 5.69 Å². The van der Waals surface area contributed by atoms with Crippen molar-refractivity contribution in [1.29, 1.82) is 0 Å². The molecule has 0 unspecified atom stereocenters. The molecule has 0 bridgehead atoms. The first-order valence-corrected chi connectivity index (χ1v) is 5.69. The Morgan fingerprint density at radius 3 is 2.95 bits per heavy atom. The molecule has 1 aromatic carbocycles. The lowest BCUT2D eigenvalue weighted by atomic mass is 10.2. The molecular formula is C11H13N5O3. The zero-order chi connectivity index (χ0) is 13.7. The number of nitro groups is 1. The van der Waals surface area contributed by atoms with Gasteiger partial charge in [-0.3, -0.25) is 15.2 Å². The summed E-state index contributed by atoms with van der Waals surface area (Å²) in [7, 11) is 0. The summed E-state index contributed by atoms with van der Waals surface area (Å²) in [6.07, 6.45) is 1.40. The first-order chi connectivity index (χ1) is 9.19. The Bertz CT molecular complexity index is 555. The van der Waals surface area contributed by atoms with Gasteiger partial charge in [0.15, 0.2) is 0 Å². The predicted molar refractivity (Wildman–Crippen MR) is 68.0 cm³/mol. The zero-order valence-electron chi connectivity index (χ0n) is 10.3. The van der Waals surface area contributed by atoms with E-state index >= 15 is 0 Å². The topological polar surface area (TPSA) is 106 Å². The third kappa shape index (κ3) is 3.41. The lowest BCUT2D eigenvalue weighted by Crippen LogP contribution is -2.03. The molecule has 100 valence electrons. The number of nitrogens with zero attached hydrogens (tertiary/aromatic N) is 3. The summed E-state index contributed by atoms with van der Waals surface area (Å²) < 4.78 is 5.29. The first kappa shape index (κ1) is 12.8. The van der Waals surface area contributed by atoms with Gasteiger partial charge in [-0.25, -0.2) is 4.98 Å². The highest BCUT2D eigenvalue weighted by molar-refractivity contribution is 5.56. The van der Waals surface area contributed by atoms with Gasteiger partial charge in [0, 0.05) is 17.8 Å². The molecule has 2 rings (SSSR count). The van der Waals surface area contributed by atoms with Gasteiger partial charge >= 0.3 is 0 Å². The SMILES string of the molecule is CCOc1cc(NCc2ncn[nH]2)cc([N+](=O)[O-])c1. The Kier molecular flexibility index (Phi) is 3.91. The van der Waals surface area contributed by atoms with E-state index in [0.29, 0.717) is 30.4 Å². The molecule has 1 heterocycles. The Balaban J connectivity index is 2.16. The minimum atomic E-state index is -0.456. The average molecular weight is 263 g/mol. The Hall–Kier alpha value is -2.64. The number of aromatic nitrogens is 3. The summed E-state index contributed by atoms with van der Waals surface area (Å²) in [6, 6.07) is 4.54. The second-order valence-corrected chi connectivity index (χ2v) is 3.69. The van der Waals surface area contributed by atoms with Crippen molar-refractivity contribution in [1.82, 2.24) is 15.2 Å². The molecule has 0 spiro atoms. The molecule has 19 heavy (non-hydrogen) atoms. The number of aromatic amines is 1. The van der Waals surface area contributed by atoms with Crippen molar-refractivity contribution in [3.63, 3.8) is 0 Å². The van der Waals surface area contributed by atoms with E-state index in [4.69, 9.17) is 4.74 Å². The van der Waals surface area contributed by atoms with Gasteiger partial charge in [0.05, 0.1) is 24.1 Å². The van der Waals surface area contributed by atoms with Gasteiger partial charge in [-0.05, 0) is 6.92 Å². The Morgan fingerprint density at radius 1 is 1.47 bits per heavy atom. The second-order valence-electron chi connectivity index (χ2n) is 3.69. The van der Waals surface area contributed by atoms with Gasteiger partial charge in [0.1, 0.15) is 17.9 Å². The molecule has 8 nitrogen and oxygen atoms in total. The van der Waals surface area contributed by atoms with Crippen molar-refractivity contribution in [2.75, 3.05) is 11.9 Å². The Labute approximate surface area is 109 Å². The predicted octanol–water partition coefficient (Wildman–Crippen LogP) is 1.72. The van der Waals surface area contributed by atoms with Crippen LogP contribution in [0.2, 0.25) is 0 Å². The summed E-state index contributed by atoms with van der Waals surface area (Å²) in [5, 5.41) is 20.3. The maximum atomic E-state index is 10.8. The average Bonchev–Trinajstić information content (AvgIpc) is 2.89. The molecule has 0 aliphatic heterocycles. The fraction of sp³-hybridized carbons (Fsp3) is 0.273. The number of nitrogens with one attached hydrogen (secondary N) is 2. The van der Waals surface area contributed by atoms with Crippen LogP contribution in [-0.2, 0) is 6.54 Å². The molecule has 2 N–H and O–H groups in total. The fourth-order valence-electron chi connectivity index (χ4n) is 1.54. The standard InChI is InChI=1S/C11H13N5O3/c1-2-19-10-4-8(3-9(5-10)16(17)18)12-6-11-13-7-14-15-11/h3-5,7,12H,2,6H2,1H3,(H,13,14,15). The number of benzene rings is 1. The van der Waals surface area contributed by atoms with Crippen LogP contribution in [-0.4, -0.2) is 26.7 Å². The van der Waals surface area contributed by atoms with Crippen LogP contribution in [0.25, 0.3) is 0 Å². The molecule has 0 aliphatic rings. The van der Waals surface area contributed by atoms with Gasteiger partial charge in [-0.15, -0.1) is 0 Å². The summed E-state index contributed by atoms with van der Waals surface area (Å²) in [4.78, 5) is 14.3. The van der Waals surface area contributed by atoms with E-state index < -0.39 is 4.92 Å². The van der Waals surface area contributed by atoms with Crippen LogP contribution in [0.15, 0.2) is 24.5 Å². The van der Waals surface area contributed by atoms with Gasteiger partial charge in [-0.1, -0.05) is 0 Å². The van der Waals surface area contributed by atoms with Crippen molar-refractivity contribution in [3.8, 4) is 5.75 Å². The number of ether oxygens (including phenoxy) is 1. The zero-order valence-corrected chi connectivity index (χ0v) is 10.3. The van der Waals surface area contributed by atoms with Crippen molar-refractivity contribution < 1.29 is 9.66 Å². The van der Waals surface area contributed by atoms with E-state index in [9.17, 15) is 10.1 Å². The van der Waals surface area contributed by atoms with E-state index in [0.717, 1.165) is 0 Å². The minimum Gasteiger partial charge on any atom is -0.494 e. The summed E-state index contributed by atoms with van der Waals surface area (Å²) in [5.74, 6) is 1.10. The number of hydrogen-bond acceptors (Lipinski definition) is 6. The van der Waals surface area contributed by atoms with Crippen LogP contribution >= 0.6 is 0 Å². The number of H-pyrrole nitrogens is 1. The second kappa shape index (κ2) is 5.80. The van der Waals surface area contributed by atoms with Crippen molar-refractivity contribution >= 4 is 11.4 Å². The van der Waals surface area contributed by atoms with E-state index in [1.54, 1.807) is 6.07 Å². The Morgan fingerprint density at radius 2 is 2.32 bits per heavy atom. The number of anilines is 1. The minimum absolute atomic E-state index is 0.0222. The summed E-state index contributed by atoms with van der Waals surface area (Å²) in [6.45, 7) is 2.66. The summed E-state index contributed by atoms with van der Waals surface area (Å²) in [5.41, 5.74) is 0.570. The van der Waals surface area contributed by atoms with Crippen LogP contribution < -0.4 is 10.1 Å². The van der Waals surface area contributed by atoms with Gasteiger partial charge < -0.3 is 10.1 Å². The highest BCUT2D eigenvalue weighted by Crippen LogP contribution is 2.26. The molecule has 2 aromatic rings. The molecule has 0 saturated heterocycles. The van der Waals surface area contributed by atoms with Crippen LogP contribution in [0.5, 0.6) is 5.75 Å². The molecule has 8 heteroatoms. The quantitative estimate of drug-likeness (QED) is 0.607. The number of rotatable bonds is 6. The molecule has 0 saturated carbocycles. The molecule has 0 fully saturated rings. The van der Waals surface area contributed by atoms with Crippen molar-refractivity contribution in [3.05, 3.63) is 40.5 Å². The van der Waals surface area contributed by atoms with E-state index in [1.165, 1.54) is 18.5 Å². The maximum absolute atomic E-state index is 10.8. The molecule has 0 atom stereocenters. The lowest BCUT2D eigenvalue weighted by molar-refractivity contribution is -0.384. The van der Waals surface area contributed by atoms with E-state index in [1.807, 2.05) is 6.92 Å². The summed E-state index contributed by atoms with van der Waals surface area (Å²) >= 11 is 0. The third-order valence-electron chi connectivity index (χ3n) is 2.34. The maximum Gasteiger partial charge on any atom is 0.275 e. The van der Waals surface area contributed by atoms with E-state index in [2.05, 4.69) is 20.5 Å². The van der Waals surface area contributed by atoms with Crippen molar-refractivity contribution in [2.45, 2.75) is 13.5 Å². The largest absolute Gasteiger partial charge is 0.494 e. The highest BCUT2D eigenvalue weighted by atomic mass is 16.6. The number of nitro benzene ring substituents is 1. The van der Waals surface area contributed by atoms with Crippen LogP contribution in [0, 0.1) is 10.1 Å². The molecule has 0 aliphatic carbocycles. The van der Waals surface area contributed by atoms with Gasteiger partial charge in [-0.2, -0.15) is 5.10 Å².